The Morgan fingerprint density at radius 3 is 2.43 bits per heavy atom. The topological polar surface area (TPSA) is 59.0 Å². The second-order valence-electron chi connectivity index (χ2n) is 4.52. The third kappa shape index (κ3) is 2.29. The molecule has 1 heterocycles. The Bertz CT molecular complexity index is 738. The second kappa shape index (κ2) is 5.20. The van der Waals surface area contributed by atoms with Crippen LogP contribution in [0.3, 0.4) is 0 Å². The van der Waals surface area contributed by atoms with Gasteiger partial charge in [-0.3, -0.25) is 9.69 Å². The number of carbonyl (C=O) groups excluding carboxylic acids is 2. The molecule has 0 aliphatic carbocycles. The standard InChI is InChI=1S/C16H12N2O3/c1-11(19)21-17-15-13-9-5-6-10-14(13)18(16(15)20)12-7-3-2-4-8-12/h2-10H,1H3. The number of para-hydroxylation sites is 2. The summed E-state index contributed by atoms with van der Waals surface area (Å²) in [5.74, 6) is -0.880. The van der Waals surface area contributed by atoms with Crippen LogP contribution in [0.1, 0.15) is 12.5 Å². The van der Waals surface area contributed by atoms with Crippen LogP contribution in [0.15, 0.2) is 59.8 Å². The van der Waals surface area contributed by atoms with Gasteiger partial charge in [0.1, 0.15) is 0 Å². The predicted molar refractivity (Wildman–Crippen MR) is 78.3 cm³/mol. The molecule has 0 unspecified atom stereocenters. The summed E-state index contributed by atoms with van der Waals surface area (Å²) in [5.41, 5.74) is 2.24. The van der Waals surface area contributed by atoms with Crippen LogP contribution in [0, 0.1) is 0 Å². The van der Waals surface area contributed by atoms with E-state index in [1.807, 2.05) is 48.5 Å². The molecule has 1 amide bonds. The lowest BCUT2D eigenvalue weighted by Crippen LogP contribution is -2.25. The summed E-state index contributed by atoms with van der Waals surface area (Å²) in [6.07, 6.45) is 0. The number of amides is 1. The fourth-order valence-corrected chi connectivity index (χ4v) is 2.23. The van der Waals surface area contributed by atoms with Crippen LogP contribution in [-0.4, -0.2) is 17.6 Å². The summed E-state index contributed by atoms with van der Waals surface area (Å²) in [4.78, 5) is 29.7. The molecule has 0 saturated heterocycles. The fourth-order valence-electron chi connectivity index (χ4n) is 2.23. The highest BCUT2D eigenvalue weighted by Crippen LogP contribution is 2.35. The monoisotopic (exact) mass is 280 g/mol. The number of oxime groups is 1. The molecule has 0 N–H and O–H groups in total. The Morgan fingerprint density at radius 2 is 1.71 bits per heavy atom. The Hall–Kier alpha value is -2.95. The Morgan fingerprint density at radius 1 is 1.05 bits per heavy atom. The predicted octanol–water partition coefficient (Wildman–Crippen LogP) is 2.63. The van der Waals surface area contributed by atoms with Gasteiger partial charge in [-0.2, -0.15) is 0 Å². The van der Waals surface area contributed by atoms with Crippen LogP contribution >= 0.6 is 0 Å². The van der Waals surface area contributed by atoms with Crippen molar-refractivity contribution < 1.29 is 14.4 Å². The Balaban J connectivity index is 2.11. The van der Waals surface area contributed by atoms with Gasteiger partial charge < -0.3 is 4.84 Å². The first kappa shape index (κ1) is 13.1. The van der Waals surface area contributed by atoms with Crippen LogP contribution in [0.4, 0.5) is 11.4 Å². The summed E-state index contributed by atoms with van der Waals surface area (Å²) >= 11 is 0. The van der Waals surface area contributed by atoms with Gasteiger partial charge in [0.15, 0.2) is 5.71 Å². The highest BCUT2D eigenvalue weighted by molar-refractivity contribution is 6.55. The van der Waals surface area contributed by atoms with Gasteiger partial charge in [-0.1, -0.05) is 41.6 Å². The Labute approximate surface area is 121 Å². The molecule has 2 aromatic rings. The number of carbonyl (C=O) groups is 2. The molecule has 0 radical (unpaired) electrons. The summed E-state index contributed by atoms with van der Waals surface area (Å²) in [6.45, 7) is 1.24. The number of hydrogen-bond donors (Lipinski definition) is 0. The van der Waals surface area contributed by atoms with Crippen LogP contribution in [0.2, 0.25) is 0 Å². The van der Waals surface area contributed by atoms with Crippen LogP contribution < -0.4 is 4.90 Å². The molecule has 0 spiro atoms. The third-order valence-electron chi connectivity index (χ3n) is 3.09. The summed E-state index contributed by atoms with van der Waals surface area (Å²) in [6, 6.07) is 16.5. The fraction of sp³-hybridized carbons (Fsp3) is 0.0625. The lowest BCUT2D eigenvalue weighted by molar-refractivity contribution is -0.140. The van der Waals surface area contributed by atoms with Gasteiger partial charge in [-0.25, -0.2) is 4.79 Å². The molecular formula is C16H12N2O3. The zero-order valence-corrected chi connectivity index (χ0v) is 11.3. The first-order chi connectivity index (χ1) is 10.2. The van der Waals surface area contributed by atoms with Crippen LogP contribution in [0.25, 0.3) is 0 Å². The maximum atomic E-state index is 12.6. The summed E-state index contributed by atoms with van der Waals surface area (Å²) in [5, 5.41) is 3.70. The van der Waals surface area contributed by atoms with Gasteiger partial charge in [-0.05, 0) is 18.2 Å². The SMILES string of the molecule is CC(=O)ON=C1C(=O)N(c2ccccc2)c2ccccc21. The minimum atomic E-state index is -0.564. The normalized spacial score (nSPS) is 15.2. The van der Waals surface area contributed by atoms with Crippen molar-refractivity contribution in [2.24, 2.45) is 5.16 Å². The number of hydrogen-bond acceptors (Lipinski definition) is 4. The molecule has 0 atom stereocenters. The zero-order chi connectivity index (χ0) is 14.8. The van der Waals surface area contributed by atoms with E-state index in [0.717, 1.165) is 11.4 Å². The van der Waals surface area contributed by atoms with Crippen molar-refractivity contribution in [1.82, 2.24) is 0 Å². The largest absolute Gasteiger partial charge is 0.332 e. The molecule has 0 fully saturated rings. The van der Waals surface area contributed by atoms with E-state index in [1.54, 1.807) is 11.0 Å². The quantitative estimate of drug-likeness (QED) is 0.627. The van der Waals surface area contributed by atoms with Crippen LogP contribution in [0.5, 0.6) is 0 Å². The van der Waals surface area contributed by atoms with E-state index in [9.17, 15) is 9.59 Å². The minimum absolute atomic E-state index is 0.129. The molecule has 0 aromatic heterocycles. The average molecular weight is 280 g/mol. The molecule has 0 saturated carbocycles. The van der Waals surface area contributed by atoms with Gasteiger partial charge in [0.2, 0.25) is 0 Å². The number of fused-ring (bicyclic) bond motifs is 1. The molecule has 2 aromatic carbocycles. The minimum Gasteiger partial charge on any atom is -0.318 e. The smallest absolute Gasteiger partial charge is 0.318 e. The molecular weight excluding hydrogens is 268 g/mol. The lowest BCUT2D eigenvalue weighted by Gasteiger charge is -2.16. The highest BCUT2D eigenvalue weighted by atomic mass is 16.7. The van der Waals surface area contributed by atoms with Gasteiger partial charge in [0.25, 0.3) is 5.91 Å². The number of nitrogens with zero attached hydrogens (tertiary/aromatic N) is 2. The van der Waals surface area contributed by atoms with E-state index < -0.39 is 5.97 Å². The van der Waals surface area contributed by atoms with E-state index in [-0.39, 0.29) is 11.6 Å². The van der Waals surface area contributed by atoms with E-state index in [2.05, 4.69) is 9.99 Å². The molecule has 5 nitrogen and oxygen atoms in total. The maximum absolute atomic E-state index is 12.6. The summed E-state index contributed by atoms with van der Waals surface area (Å²) < 4.78 is 0. The molecule has 1 aliphatic heterocycles. The van der Waals surface area contributed by atoms with Crippen LogP contribution in [-0.2, 0) is 14.4 Å². The van der Waals surface area contributed by atoms with Crippen molar-refractivity contribution in [3.05, 3.63) is 60.2 Å². The van der Waals surface area contributed by atoms with Crippen molar-refractivity contribution >= 4 is 29.0 Å². The van der Waals surface area contributed by atoms with Crippen molar-refractivity contribution in [2.45, 2.75) is 6.92 Å². The first-order valence-electron chi connectivity index (χ1n) is 6.43. The lowest BCUT2D eigenvalue weighted by atomic mass is 10.1. The molecule has 21 heavy (non-hydrogen) atoms. The van der Waals surface area contributed by atoms with Gasteiger partial charge in [0.05, 0.1) is 5.69 Å². The molecule has 1 aliphatic rings. The van der Waals surface area contributed by atoms with Crippen molar-refractivity contribution in [2.75, 3.05) is 4.90 Å². The number of anilines is 2. The average Bonchev–Trinajstić information content (AvgIpc) is 2.78. The van der Waals surface area contributed by atoms with Crippen molar-refractivity contribution in [1.29, 1.82) is 0 Å². The maximum Gasteiger partial charge on any atom is 0.332 e. The van der Waals surface area contributed by atoms with E-state index in [4.69, 9.17) is 0 Å². The summed E-state index contributed by atoms with van der Waals surface area (Å²) in [7, 11) is 0. The molecule has 0 bridgehead atoms. The molecule has 3 rings (SSSR count). The van der Waals surface area contributed by atoms with E-state index >= 15 is 0 Å². The zero-order valence-electron chi connectivity index (χ0n) is 11.3. The van der Waals surface area contributed by atoms with Gasteiger partial charge in [0, 0.05) is 18.2 Å². The molecule has 5 heteroatoms. The van der Waals surface area contributed by atoms with Gasteiger partial charge >= 0.3 is 5.97 Å². The van der Waals surface area contributed by atoms with E-state index in [0.29, 0.717) is 5.56 Å². The highest BCUT2D eigenvalue weighted by Gasteiger charge is 2.35. The number of benzene rings is 2. The second-order valence-corrected chi connectivity index (χ2v) is 4.52. The number of rotatable bonds is 2. The third-order valence-corrected chi connectivity index (χ3v) is 3.09. The first-order valence-corrected chi connectivity index (χ1v) is 6.43. The van der Waals surface area contributed by atoms with Crippen molar-refractivity contribution in [3.8, 4) is 0 Å². The van der Waals surface area contributed by atoms with Gasteiger partial charge in [-0.15, -0.1) is 0 Å². The Kier molecular flexibility index (Phi) is 3.23. The van der Waals surface area contributed by atoms with Crippen molar-refractivity contribution in [3.63, 3.8) is 0 Å². The molecule has 104 valence electrons. The van der Waals surface area contributed by atoms with E-state index in [1.165, 1.54) is 6.92 Å².